The predicted octanol–water partition coefficient (Wildman–Crippen LogP) is 11.8. The molecule has 0 nitrogen and oxygen atoms in total. The van der Waals surface area contributed by atoms with Crippen molar-refractivity contribution >= 4 is 32.3 Å². The van der Waals surface area contributed by atoms with Crippen LogP contribution in [-0.4, -0.2) is 0 Å². The molecule has 0 aliphatic carbocycles. The molecule has 0 heterocycles. The molecule has 0 fully saturated rings. The van der Waals surface area contributed by atoms with Gasteiger partial charge < -0.3 is 0 Å². The Bertz CT molecular complexity index is 3080. The predicted molar refractivity (Wildman–Crippen MR) is 181 cm³/mol. The van der Waals surface area contributed by atoms with E-state index in [4.69, 9.17) is 15.1 Å². The fraction of sp³-hybridized carbons (Fsp3) is 0. The number of benzene rings is 8. The highest BCUT2D eigenvalue weighted by atomic mass is 14.2. The lowest BCUT2D eigenvalue weighted by molar-refractivity contribution is 1.61. The molecule has 0 aliphatic heterocycles. The first-order valence-corrected chi connectivity index (χ1v) is 13.1. The monoisotopic (exact) mass is 549 g/mol. The Morgan fingerprint density at radius 2 is 0.881 bits per heavy atom. The number of hydrogen-bond donors (Lipinski definition) is 0. The minimum absolute atomic E-state index is 0.00695. The van der Waals surface area contributed by atoms with Crippen LogP contribution in [0.4, 0.5) is 0 Å². The van der Waals surface area contributed by atoms with Crippen LogP contribution in [0.25, 0.3) is 76.8 Å². The Morgan fingerprint density at radius 3 is 1.60 bits per heavy atom. The normalized spacial score (nSPS) is 17.0. The molecule has 8 aromatic carbocycles. The second kappa shape index (κ2) is 10.2. The third-order valence-corrected chi connectivity index (χ3v) is 7.23. The summed E-state index contributed by atoms with van der Waals surface area (Å²) in [6, 6.07) is 7.73. The summed E-state index contributed by atoms with van der Waals surface area (Å²) in [5.74, 6) is 0. The van der Waals surface area contributed by atoms with Crippen LogP contribution in [0.2, 0.25) is 0 Å². The largest absolute Gasteiger partial charge is 0.0636 e. The summed E-state index contributed by atoms with van der Waals surface area (Å²) in [7, 11) is 0. The fourth-order valence-electron chi connectivity index (χ4n) is 5.36. The Hall–Kier alpha value is -5.46. The van der Waals surface area contributed by atoms with Gasteiger partial charge in [0, 0.05) is 0 Å². The summed E-state index contributed by atoms with van der Waals surface area (Å²) < 4.78 is 151. The summed E-state index contributed by atoms with van der Waals surface area (Å²) in [4.78, 5) is 0. The van der Waals surface area contributed by atoms with E-state index >= 15 is 0 Å². The van der Waals surface area contributed by atoms with Crippen LogP contribution in [0.3, 0.4) is 0 Å². The van der Waals surface area contributed by atoms with Crippen molar-refractivity contribution in [1.82, 2.24) is 0 Å². The average molecular weight is 550 g/mol. The first-order chi connectivity index (χ1) is 27.9. The molecular weight excluding hydrogens is 504 g/mol. The van der Waals surface area contributed by atoms with Gasteiger partial charge in [0.2, 0.25) is 0 Å². The van der Waals surface area contributed by atoms with Gasteiger partial charge in [0.05, 0.1) is 23.3 Å². The summed E-state index contributed by atoms with van der Waals surface area (Å²) in [5.41, 5.74) is -0.533. The number of hydrogen-bond acceptors (Lipinski definition) is 0. The average Bonchev–Trinajstić information content (AvgIpc) is 3.24. The zero-order valence-electron chi connectivity index (χ0n) is 38.9. The van der Waals surface area contributed by atoms with Gasteiger partial charge in [-0.25, -0.2) is 0 Å². The molecule has 0 aliphatic rings. The highest BCUT2D eigenvalue weighted by Gasteiger charge is 2.17. The second-order valence-corrected chi connectivity index (χ2v) is 9.64. The molecule has 0 atom stereocenters. The Labute approximate surface area is 270 Å². The minimum Gasteiger partial charge on any atom is -0.0622 e. The lowest BCUT2D eigenvalue weighted by Gasteiger charge is -2.18. The summed E-state index contributed by atoms with van der Waals surface area (Å²) in [6.45, 7) is 0. The van der Waals surface area contributed by atoms with Crippen LogP contribution >= 0.6 is 0 Å². The number of rotatable bonds is 4. The van der Waals surface area contributed by atoms with Crippen molar-refractivity contribution in [3.8, 4) is 44.5 Å². The van der Waals surface area contributed by atoms with E-state index in [-0.39, 0.29) is 27.1 Å². The van der Waals surface area contributed by atoms with Crippen LogP contribution in [0, 0.1) is 0 Å². The van der Waals surface area contributed by atoms with Crippen molar-refractivity contribution in [2.75, 3.05) is 0 Å². The van der Waals surface area contributed by atoms with Gasteiger partial charge in [-0.2, -0.15) is 0 Å². The molecule has 0 radical (unpaired) electrons. The Kier molecular flexibility index (Phi) is 3.05. The second-order valence-electron chi connectivity index (χ2n) is 9.64. The van der Waals surface area contributed by atoms with Gasteiger partial charge >= 0.3 is 0 Å². The van der Waals surface area contributed by atoms with Gasteiger partial charge in [-0.05, 0) is 95.0 Å². The van der Waals surface area contributed by atoms with Crippen molar-refractivity contribution in [3.63, 3.8) is 0 Å². The van der Waals surface area contributed by atoms with E-state index in [1.165, 1.54) is 0 Å². The molecule has 8 aromatic rings. The van der Waals surface area contributed by atoms with E-state index in [0.717, 1.165) is 16.3 Å². The van der Waals surface area contributed by atoms with Gasteiger partial charge in [0.1, 0.15) is 0 Å². The highest BCUT2D eigenvalue weighted by Crippen LogP contribution is 2.44. The van der Waals surface area contributed by atoms with E-state index < -0.39 is 125 Å². The molecule has 0 amide bonds. The molecular formula is C42H28. The molecule has 42 heavy (non-hydrogen) atoms. The third kappa shape index (κ3) is 4.17. The van der Waals surface area contributed by atoms with E-state index in [0.29, 0.717) is 11.1 Å². The van der Waals surface area contributed by atoms with Gasteiger partial charge in [0.25, 0.3) is 0 Å². The number of fused-ring (bicyclic) bond motifs is 3. The van der Waals surface area contributed by atoms with Gasteiger partial charge in [0.15, 0.2) is 0 Å². The van der Waals surface area contributed by atoms with E-state index in [1.807, 2.05) is 48.5 Å². The maximum atomic E-state index is 9.53. The smallest absolute Gasteiger partial charge is 0.0622 e. The van der Waals surface area contributed by atoms with Gasteiger partial charge in [-0.15, -0.1) is 0 Å². The fourth-order valence-corrected chi connectivity index (χ4v) is 5.36. The van der Waals surface area contributed by atoms with Crippen molar-refractivity contribution in [2.45, 2.75) is 0 Å². The van der Waals surface area contributed by atoms with Crippen molar-refractivity contribution in [1.29, 1.82) is 0 Å². The van der Waals surface area contributed by atoms with E-state index in [1.54, 1.807) is 18.2 Å². The standard InChI is InChI=1S/C42H28/c1-2-12-29(13-3-1)32-16-10-18-35(27-32)41-37-20-6-8-22-39(37)42(40-23-9-7-21-38(40)41)36-19-11-17-33(28-36)34-25-24-30-14-4-5-15-31(30)26-34/h1-28H/i1D,2D,3D,6D,7D,8D,9D,10D,12D,13D,16D,18D,20D,21D,22D,23D,27D. The van der Waals surface area contributed by atoms with Crippen molar-refractivity contribution in [2.24, 2.45) is 0 Å². The van der Waals surface area contributed by atoms with E-state index in [2.05, 4.69) is 0 Å². The molecule has 0 heteroatoms. The summed E-state index contributed by atoms with van der Waals surface area (Å²) >= 11 is 0. The molecule has 0 N–H and O–H groups in total. The lowest BCUT2D eigenvalue weighted by Crippen LogP contribution is -1.91. The minimum atomic E-state index is -0.868. The van der Waals surface area contributed by atoms with Gasteiger partial charge in [-0.3, -0.25) is 0 Å². The first kappa shape index (κ1) is 12.6. The van der Waals surface area contributed by atoms with Crippen LogP contribution in [0.15, 0.2) is 169 Å². The molecule has 0 spiro atoms. The molecule has 0 aromatic heterocycles. The van der Waals surface area contributed by atoms with Crippen LogP contribution < -0.4 is 0 Å². The summed E-state index contributed by atoms with van der Waals surface area (Å²) in [6.07, 6.45) is 0. The highest BCUT2D eigenvalue weighted by molar-refractivity contribution is 6.21. The molecule has 0 unspecified atom stereocenters. The maximum absolute atomic E-state index is 9.53. The Balaban J connectivity index is 1.61. The molecule has 0 bridgehead atoms. The topological polar surface area (TPSA) is 0 Å². The van der Waals surface area contributed by atoms with Crippen molar-refractivity contribution in [3.05, 3.63) is 169 Å². The third-order valence-electron chi connectivity index (χ3n) is 7.23. The zero-order chi connectivity index (χ0) is 42.7. The molecule has 196 valence electrons. The quantitative estimate of drug-likeness (QED) is 0.192. The first-order valence-electron chi connectivity index (χ1n) is 21.6. The van der Waals surface area contributed by atoms with Crippen LogP contribution in [0.5, 0.6) is 0 Å². The van der Waals surface area contributed by atoms with E-state index in [9.17, 15) is 8.22 Å². The SMILES string of the molecule is [2H]c1c([2H])c([2H])c(-c2c([2H])c([2H])c([2H])c(-c3c4c([2H])c([2H])c([2H])c([2H])c4c(-c4cccc(-c5ccc6ccccc6c5)c4)c4c([2H])c([2H])c([2H])c([2H])c34)c2[2H])c([2H])c1[2H]. The van der Waals surface area contributed by atoms with Crippen LogP contribution in [-0.2, 0) is 0 Å². The van der Waals surface area contributed by atoms with Crippen LogP contribution in [0.1, 0.15) is 23.3 Å². The zero-order valence-corrected chi connectivity index (χ0v) is 21.9. The van der Waals surface area contributed by atoms with Crippen molar-refractivity contribution < 1.29 is 23.3 Å². The van der Waals surface area contributed by atoms with Gasteiger partial charge in [-0.1, -0.05) is 151 Å². The molecule has 8 rings (SSSR count). The Morgan fingerprint density at radius 1 is 0.333 bits per heavy atom. The lowest BCUT2D eigenvalue weighted by atomic mass is 9.85. The maximum Gasteiger partial charge on any atom is 0.0636 e. The molecule has 0 saturated carbocycles. The molecule has 0 saturated heterocycles. The summed E-state index contributed by atoms with van der Waals surface area (Å²) in [5, 5.41) is 0.800.